The van der Waals surface area contributed by atoms with Gasteiger partial charge in [-0.25, -0.2) is 0 Å². The van der Waals surface area contributed by atoms with E-state index in [2.05, 4.69) is 6.92 Å². The molecule has 0 radical (unpaired) electrons. The lowest BCUT2D eigenvalue weighted by molar-refractivity contribution is -0.0544. The van der Waals surface area contributed by atoms with E-state index in [0.717, 1.165) is 12.8 Å². The van der Waals surface area contributed by atoms with E-state index in [1.165, 1.54) is 0 Å². The van der Waals surface area contributed by atoms with Crippen LogP contribution < -0.4 is 0 Å². The highest BCUT2D eigenvalue weighted by molar-refractivity contribution is 4.87. The van der Waals surface area contributed by atoms with Gasteiger partial charge in [0.2, 0.25) is 0 Å². The Morgan fingerprint density at radius 3 is 2.50 bits per heavy atom. The molecule has 72 valence electrons. The molecule has 1 saturated carbocycles. The predicted molar refractivity (Wildman–Crippen MR) is 45.7 cm³/mol. The molecule has 0 bridgehead atoms. The summed E-state index contributed by atoms with van der Waals surface area (Å²) in [5, 5.41) is 27.5. The van der Waals surface area contributed by atoms with E-state index in [4.69, 9.17) is 5.11 Å². The molecule has 0 spiro atoms. The molecule has 3 atom stereocenters. The van der Waals surface area contributed by atoms with E-state index in [0.29, 0.717) is 12.8 Å². The molecule has 3 N–H and O–H groups in total. The van der Waals surface area contributed by atoms with Gasteiger partial charge in [0, 0.05) is 6.61 Å². The van der Waals surface area contributed by atoms with Crippen LogP contribution in [0.3, 0.4) is 0 Å². The van der Waals surface area contributed by atoms with Gasteiger partial charge in [-0.15, -0.1) is 0 Å². The van der Waals surface area contributed by atoms with Crippen molar-refractivity contribution in [3.63, 3.8) is 0 Å². The molecule has 3 nitrogen and oxygen atoms in total. The third-order valence-electron chi connectivity index (χ3n) is 2.91. The lowest BCUT2D eigenvalue weighted by Crippen LogP contribution is -2.39. The third-order valence-corrected chi connectivity index (χ3v) is 2.91. The summed E-state index contributed by atoms with van der Waals surface area (Å²) in [6.07, 6.45) is 1.71. The number of rotatable bonds is 2. The van der Waals surface area contributed by atoms with Crippen molar-refractivity contribution in [1.29, 1.82) is 0 Å². The smallest absolute Gasteiger partial charge is 0.0804 e. The monoisotopic (exact) mass is 174 g/mol. The van der Waals surface area contributed by atoms with Crippen LogP contribution in [0.15, 0.2) is 0 Å². The van der Waals surface area contributed by atoms with Crippen LogP contribution >= 0.6 is 0 Å². The SMILES string of the molecule is CC1(CCO)CCC(O)C(O)C1. The molecule has 12 heavy (non-hydrogen) atoms. The van der Waals surface area contributed by atoms with Gasteiger partial charge in [0.05, 0.1) is 12.2 Å². The van der Waals surface area contributed by atoms with E-state index >= 15 is 0 Å². The van der Waals surface area contributed by atoms with Crippen molar-refractivity contribution >= 4 is 0 Å². The molecule has 3 unspecified atom stereocenters. The zero-order valence-corrected chi connectivity index (χ0v) is 7.53. The summed E-state index contributed by atoms with van der Waals surface area (Å²) < 4.78 is 0. The highest BCUT2D eigenvalue weighted by Crippen LogP contribution is 2.38. The zero-order chi connectivity index (χ0) is 9.19. The van der Waals surface area contributed by atoms with Crippen LogP contribution in [0, 0.1) is 5.41 Å². The standard InChI is InChI=1S/C9H18O3/c1-9(4-5-10)3-2-7(11)8(12)6-9/h7-8,10-12H,2-6H2,1H3. The van der Waals surface area contributed by atoms with Crippen LogP contribution in [0.5, 0.6) is 0 Å². The topological polar surface area (TPSA) is 60.7 Å². The normalized spacial score (nSPS) is 43.0. The maximum absolute atomic E-state index is 9.41. The molecule has 0 aromatic carbocycles. The molecule has 1 fully saturated rings. The summed E-state index contributed by atoms with van der Waals surface area (Å²) in [6.45, 7) is 2.22. The second-order valence-corrected chi connectivity index (χ2v) is 4.16. The molecular formula is C9H18O3. The molecule has 0 amide bonds. The Hall–Kier alpha value is -0.120. The van der Waals surface area contributed by atoms with Gasteiger partial charge in [-0.2, -0.15) is 0 Å². The van der Waals surface area contributed by atoms with Crippen LogP contribution in [-0.4, -0.2) is 34.1 Å². The quantitative estimate of drug-likeness (QED) is 0.563. The van der Waals surface area contributed by atoms with Crippen molar-refractivity contribution in [3.8, 4) is 0 Å². The maximum atomic E-state index is 9.41. The second kappa shape index (κ2) is 3.73. The van der Waals surface area contributed by atoms with Gasteiger partial charge in [-0.05, 0) is 31.1 Å². The minimum Gasteiger partial charge on any atom is -0.396 e. The fraction of sp³-hybridized carbons (Fsp3) is 1.00. The molecule has 3 heteroatoms. The van der Waals surface area contributed by atoms with E-state index in [9.17, 15) is 10.2 Å². The van der Waals surface area contributed by atoms with E-state index < -0.39 is 12.2 Å². The van der Waals surface area contributed by atoms with E-state index in [-0.39, 0.29) is 12.0 Å². The van der Waals surface area contributed by atoms with Crippen molar-refractivity contribution < 1.29 is 15.3 Å². The lowest BCUT2D eigenvalue weighted by atomic mass is 9.71. The summed E-state index contributed by atoms with van der Waals surface area (Å²) in [6, 6.07) is 0. The summed E-state index contributed by atoms with van der Waals surface area (Å²) in [7, 11) is 0. The lowest BCUT2D eigenvalue weighted by Gasteiger charge is -2.38. The summed E-state index contributed by atoms with van der Waals surface area (Å²) in [5.74, 6) is 0. The average molecular weight is 174 g/mol. The number of hydrogen-bond acceptors (Lipinski definition) is 3. The first-order chi connectivity index (χ1) is 5.57. The molecule has 0 aromatic heterocycles. The third kappa shape index (κ3) is 2.19. The van der Waals surface area contributed by atoms with Crippen molar-refractivity contribution in [1.82, 2.24) is 0 Å². The Labute approximate surface area is 73.0 Å². The predicted octanol–water partition coefficient (Wildman–Crippen LogP) is 0.281. The van der Waals surface area contributed by atoms with Crippen molar-refractivity contribution in [3.05, 3.63) is 0 Å². The molecule has 0 aliphatic heterocycles. The molecule has 1 aliphatic carbocycles. The Bertz CT molecular complexity index is 149. The molecule has 1 rings (SSSR count). The van der Waals surface area contributed by atoms with Crippen LogP contribution in [0.4, 0.5) is 0 Å². The molecule has 0 saturated heterocycles. The molecular weight excluding hydrogens is 156 g/mol. The summed E-state index contributed by atoms with van der Waals surface area (Å²) in [5.41, 5.74) is 0.0212. The van der Waals surface area contributed by atoms with Gasteiger partial charge in [-0.3, -0.25) is 0 Å². The Balaban J connectivity index is 2.48. The second-order valence-electron chi connectivity index (χ2n) is 4.16. The van der Waals surface area contributed by atoms with Crippen molar-refractivity contribution in [2.75, 3.05) is 6.61 Å². The van der Waals surface area contributed by atoms with Gasteiger partial charge < -0.3 is 15.3 Å². The largest absolute Gasteiger partial charge is 0.396 e. The minimum atomic E-state index is -0.602. The van der Waals surface area contributed by atoms with Crippen LogP contribution in [0.25, 0.3) is 0 Å². The zero-order valence-electron chi connectivity index (χ0n) is 7.53. The summed E-state index contributed by atoms with van der Waals surface area (Å²) in [4.78, 5) is 0. The fourth-order valence-electron chi connectivity index (χ4n) is 1.93. The Morgan fingerprint density at radius 2 is 2.00 bits per heavy atom. The minimum absolute atomic E-state index is 0.0212. The van der Waals surface area contributed by atoms with E-state index in [1.807, 2.05) is 0 Å². The van der Waals surface area contributed by atoms with Gasteiger partial charge in [0.1, 0.15) is 0 Å². The number of hydrogen-bond donors (Lipinski definition) is 3. The highest BCUT2D eigenvalue weighted by Gasteiger charge is 2.35. The van der Waals surface area contributed by atoms with Crippen LogP contribution in [0.2, 0.25) is 0 Å². The van der Waals surface area contributed by atoms with Crippen LogP contribution in [0.1, 0.15) is 32.6 Å². The Kier molecular flexibility index (Phi) is 3.09. The van der Waals surface area contributed by atoms with Gasteiger partial charge in [0.25, 0.3) is 0 Å². The van der Waals surface area contributed by atoms with Gasteiger partial charge >= 0.3 is 0 Å². The maximum Gasteiger partial charge on any atom is 0.0804 e. The van der Waals surface area contributed by atoms with E-state index in [1.54, 1.807) is 0 Å². The molecule has 1 aliphatic rings. The first-order valence-corrected chi connectivity index (χ1v) is 4.54. The number of aliphatic hydroxyl groups is 3. The first-order valence-electron chi connectivity index (χ1n) is 4.54. The Morgan fingerprint density at radius 1 is 1.33 bits per heavy atom. The van der Waals surface area contributed by atoms with Gasteiger partial charge in [-0.1, -0.05) is 6.92 Å². The average Bonchev–Trinajstić information content (AvgIpc) is 1.98. The molecule has 0 heterocycles. The summed E-state index contributed by atoms with van der Waals surface area (Å²) >= 11 is 0. The first kappa shape index (κ1) is 9.96. The number of aliphatic hydroxyl groups excluding tert-OH is 3. The highest BCUT2D eigenvalue weighted by atomic mass is 16.3. The molecule has 0 aromatic rings. The van der Waals surface area contributed by atoms with Gasteiger partial charge in [0.15, 0.2) is 0 Å². The fourth-order valence-corrected chi connectivity index (χ4v) is 1.93. The van der Waals surface area contributed by atoms with Crippen molar-refractivity contribution in [2.45, 2.75) is 44.8 Å². The van der Waals surface area contributed by atoms with Crippen LogP contribution in [-0.2, 0) is 0 Å². The van der Waals surface area contributed by atoms with Crippen molar-refractivity contribution in [2.24, 2.45) is 5.41 Å².